The molecule has 3 aromatic rings. The van der Waals surface area contributed by atoms with Gasteiger partial charge in [0.1, 0.15) is 12.3 Å². The highest BCUT2D eigenvalue weighted by molar-refractivity contribution is 5.91. The fourth-order valence-corrected chi connectivity index (χ4v) is 3.41. The maximum absolute atomic E-state index is 12.9. The van der Waals surface area contributed by atoms with E-state index in [1.165, 1.54) is 4.57 Å². The van der Waals surface area contributed by atoms with Crippen molar-refractivity contribution in [1.29, 1.82) is 0 Å². The number of nitrogens with zero attached hydrogens (tertiary/aromatic N) is 1. The van der Waals surface area contributed by atoms with Gasteiger partial charge < -0.3 is 19.4 Å². The third-order valence-electron chi connectivity index (χ3n) is 5.01. The number of nitrogens with one attached hydrogen (secondary N) is 1. The molecule has 0 fully saturated rings. The van der Waals surface area contributed by atoms with Gasteiger partial charge in [0.2, 0.25) is 5.91 Å². The molecular weight excluding hydrogens is 396 g/mol. The van der Waals surface area contributed by atoms with Crippen LogP contribution in [0.15, 0.2) is 59.5 Å². The average Bonchev–Trinajstić information content (AvgIpc) is 2.76. The lowest BCUT2D eigenvalue weighted by atomic mass is 9.96. The van der Waals surface area contributed by atoms with Gasteiger partial charge in [-0.3, -0.25) is 14.4 Å². The van der Waals surface area contributed by atoms with Crippen LogP contribution in [0.1, 0.15) is 19.4 Å². The molecule has 0 aliphatic rings. The number of anilines is 1. The standard InChI is InChI=1S/C24H26N2O5/c1-4-31-24(29)16(2)14-17-6-5-7-21-20(17)12-13-26(23(21)28)15-22(27)25-18-8-10-19(30-3)11-9-18/h5-13,16H,4,14-15H2,1-3H3,(H,25,27). The van der Waals surface area contributed by atoms with Crippen LogP contribution >= 0.6 is 0 Å². The Kier molecular flexibility index (Phi) is 7.07. The fourth-order valence-electron chi connectivity index (χ4n) is 3.41. The third-order valence-corrected chi connectivity index (χ3v) is 5.01. The van der Waals surface area contributed by atoms with Crippen LogP contribution in [-0.4, -0.2) is 30.2 Å². The first kappa shape index (κ1) is 22.1. The van der Waals surface area contributed by atoms with Gasteiger partial charge in [0, 0.05) is 17.3 Å². The van der Waals surface area contributed by atoms with Crippen LogP contribution < -0.4 is 15.6 Å². The molecule has 0 spiro atoms. The number of esters is 1. The molecular formula is C24H26N2O5. The Hall–Kier alpha value is -3.61. The summed E-state index contributed by atoms with van der Waals surface area (Å²) in [6.07, 6.45) is 2.08. The molecule has 1 atom stereocenters. The minimum atomic E-state index is -0.316. The normalized spacial score (nSPS) is 11.7. The molecule has 1 aromatic heterocycles. The molecule has 1 heterocycles. The van der Waals surface area contributed by atoms with E-state index in [4.69, 9.17) is 9.47 Å². The number of ether oxygens (including phenoxy) is 2. The van der Waals surface area contributed by atoms with Crippen LogP contribution in [0.2, 0.25) is 0 Å². The van der Waals surface area contributed by atoms with Crippen LogP contribution in [0.5, 0.6) is 5.75 Å². The van der Waals surface area contributed by atoms with E-state index in [0.717, 1.165) is 10.9 Å². The molecule has 7 heteroatoms. The summed E-state index contributed by atoms with van der Waals surface area (Å²) < 4.78 is 11.6. The third kappa shape index (κ3) is 5.31. The monoisotopic (exact) mass is 422 g/mol. The van der Waals surface area contributed by atoms with E-state index in [1.807, 2.05) is 19.1 Å². The minimum Gasteiger partial charge on any atom is -0.497 e. The van der Waals surface area contributed by atoms with Crippen molar-refractivity contribution in [3.63, 3.8) is 0 Å². The van der Waals surface area contributed by atoms with Gasteiger partial charge in [-0.15, -0.1) is 0 Å². The molecule has 3 rings (SSSR count). The lowest BCUT2D eigenvalue weighted by molar-refractivity contribution is -0.147. The molecule has 31 heavy (non-hydrogen) atoms. The van der Waals surface area contributed by atoms with Crippen molar-refractivity contribution in [3.05, 3.63) is 70.6 Å². The zero-order valence-electron chi connectivity index (χ0n) is 17.9. The lowest BCUT2D eigenvalue weighted by Gasteiger charge is -2.13. The maximum Gasteiger partial charge on any atom is 0.308 e. The van der Waals surface area contributed by atoms with Gasteiger partial charge in [-0.25, -0.2) is 0 Å². The number of pyridine rings is 1. The van der Waals surface area contributed by atoms with E-state index >= 15 is 0 Å². The van der Waals surface area contributed by atoms with Gasteiger partial charge in [-0.2, -0.15) is 0 Å². The molecule has 2 aromatic carbocycles. The van der Waals surface area contributed by atoms with Crippen molar-refractivity contribution < 1.29 is 19.1 Å². The summed E-state index contributed by atoms with van der Waals surface area (Å²) in [6.45, 7) is 3.81. The van der Waals surface area contributed by atoms with E-state index in [2.05, 4.69) is 5.32 Å². The number of aromatic nitrogens is 1. The number of benzene rings is 2. The van der Waals surface area contributed by atoms with Crippen LogP contribution in [-0.2, 0) is 27.3 Å². The van der Waals surface area contributed by atoms with Crippen LogP contribution in [0.4, 0.5) is 5.69 Å². The Morgan fingerprint density at radius 2 is 1.81 bits per heavy atom. The maximum atomic E-state index is 12.9. The second-order valence-corrected chi connectivity index (χ2v) is 7.26. The molecule has 1 amide bonds. The molecule has 0 radical (unpaired) electrons. The first-order valence-corrected chi connectivity index (χ1v) is 10.1. The summed E-state index contributed by atoms with van der Waals surface area (Å²) in [7, 11) is 1.57. The van der Waals surface area contributed by atoms with Crippen molar-refractivity contribution in [2.75, 3.05) is 19.0 Å². The quantitative estimate of drug-likeness (QED) is 0.563. The van der Waals surface area contributed by atoms with Crippen LogP contribution in [0.3, 0.4) is 0 Å². The number of carbonyl (C=O) groups excluding carboxylic acids is 2. The van der Waals surface area contributed by atoms with Gasteiger partial charge in [0.05, 0.1) is 19.6 Å². The average molecular weight is 422 g/mol. The molecule has 1 N–H and O–H groups in total. The highest BCUT2D eigenvalue weighted by Gasteiger charge is 2.17. The Bertz CT molecular complexity index is 1130. The minimum absolute atomic E-state index is 0.107. The Morgan fingerprint density at radius 3 is 2.48 bits per heavy atom. The molecule has 0 aliphatic carbocycles. The van der Waals surface area contributed by atoms with E-state index in [-0.39, 0.29) is 29.9 Å². The van der Waals surface area contributed by atoms with E-state index in [0.29, 0.717) is 29.9 Å². The first-order chi connectivity index (χ1) is 14.9. The van der Waals surface area contributed by atoms with Crippen molar-refractivity contribution in [2.45, 2.75) is 26.8 Å². The largest absolute Gasteiger partial charge is 0.497 e. The summed E-state index contributed by atoms with van der Waals surface area (Å²) in [4.78, 5) is 37.3. The Balaban J connectivity index is 1.78. The first-order valence-electron chi connectivity index (χ1n) is 10.1. The summed E-state index contributed by atoms with van der Waals surface area (Å²) in [5, 5.41) is 4.05. The van der Waals surface area contributed by atoms with E-state index in [1.54, 1.807) is 56.6 Å². The highest BCUT2D eigenvalue weighted by atomic mass is 16.5. The van der Waals surface area contributed by atoms with Gasteiger partial charge >= 0.3 is 5.97 Å². The number of carbonyl (C=O) groups is 2. The molecule has 1 unspecified atom stereocenters. The smallest absolute Gasteiger partial charge is 0.308 e. The number of hydrogen-bond donors (Lipinski definition) is 1. The van der Waals surface area contributed by atoms with Crippen molar-refractivity contribution >= 4 is 28.3 Å². The predicted octanol–water partition coefficient (Wildman–Crippen LogP) is 3.39. The molecule has 162 valence electrons. The van der Waals surface area contributed by atoms with Crippen LogP contribution in [0, 0.1) is 5.92 Å². The highest BCUT2D eigenvalue weighted by Crippen LogP contribution is 2.20. The molecule has 0 saturated heterocycles. The number of amides is 1. The number of methoxy groups -OCH3 is 1. The summed E-state index contributed by atoms with van der Waals surface area (Å²) in [5.41, 5.74) is 1.26. The van der Waals surface area contributed by atoms with Gasteiger partial charge in [0.25, 0.3) is 5.56 Å². The summed E-state index contributed by atoms with van der Waals surface area (Å²) in [5.74, 6) is -0.193. The predicted molar refractivity (Wildman–Crippen MR) is 119 cm³/mol. The van der Waals surface area contributed by atoms with Crippen LogP contribution in [0.25, 0.3) is 10.8 Å². The van der Waals surface area contributed by atoms with Crippen molar-refractivity contribution in [2.24, 2.45) is 5.92 Å². The van der Waals surface area contributed by atoms with Gasteiger partial charge in [0.15, 0.2) is 0 Å². The second-order valence-electron chi connectivity index (χ2n) is 7.26. The molecule has 0 aliphatic heterocycles. The Labute approximate surface area is 180 Å². The zero-order valence-corrected chi connectivity index (χ0v) is 17.9. The molecule has 0 saturated carbocycles. The number of rotatable bonds is 8. The molecule has 7 nitrogen and oxygen atoms in total. The number of fused-ring (bicyclic) bond motifs is 1. The van der Waals surface area contributed by atoms with E-state index in [9.17, 15) is 14.4 Å². The summed E-state index contributed by atoms with van der Waals surface area (Å²) >= 11 is 0. The van der Waals surface area contributed by atoms with Crippen molar-refractivity contribution in [1.82, 2.24) is 4.57 Å². The lowest BCUT2D eigenvalue weighted by Crippen LogP contribution is -2.27. The van der Waals surface area contributed by atoms with Gasteiger partial charge in [-0.1, -0.05) is 19.1 Å². The van der Waals surface area contributed by atoms with E-state index < -0.39 is 0 Å². The SMILES string of the molecule is CCOC(=O)C(C)Cc1cccc2c(=O)n(CC(=O)Nc3ccc(OC)cc3)ccc12. The zero-order chi connectivity index (χ0) is 22.4. The second kappa shape index (κ2) is 9.93. The number of hydrogen-bond acceptors (Lipinski definition) is 5. The van der Waals surface area contributed by atoms with Crippen molar-refractivity contribution in [3.8, 4) is 5.75 Å². The molecule has 0 bridgehead atoms. The fraction of sp³-hybridized carbons (Fsp3) is 0.292. The topological polar surface area (TPSA) is 86.6 Å². The summed E-state index contributed by atoms with van der Waals surface area (Å²) in [6, 6.07) is 14.2. The van der Waals surface area contributed by atoms with Gasteiger partial charge in [-0.05, 0) is 60.7 Å². The Morgan fingerprint density at radius 1 is 1.06 bits per heavy atom.